The van der Waals surface area contributed by atoms with Crippen molar-refractivity contribution in [1.82, 2.24) is 14.7 Å². The number of nitrogens with zero attached hydrogens (tertiary/aromatic N) is 3. The Kier molecular flexibility index (Phi) is 5.17. The highest BCUT2D eigenvalue weighted by molar-refractivity contribution is 6.08. The van der Waals surface area contributed by atoms with Crippen molar-refractivity contribution in [2.45, 2.75) is 44.2 Å². The van der Waals surface area contributed by atoms with Crippen LogP contribution in [0, 0.1) is 11.6 Å². The summed E-state index contributed by atoms with van der Waals surface area (Å²) in [5.41, 5.74) is -0.677. The van der Waals surface area contributed by atoms with Crippen LogP contribution in [0.4, 0.5) is 13.6 Å². The third kappa shape index (κ3) is 3.40. The maximum absolute atomic E-state index is 13.8. The molecular weight excluding hydrogens is 356 g/mol. The third-order valence-electron chi connectivity index (χ3n) is 5.63. The fraction of sp³-hybridized carbons (Fsp3) is 0.526. The summed E-state index contributed by atoms with van der Waals surface area (Å²) >= 11 is 0. The van der Waals surface area contributed by atoms with Gasteiger partial charge in [-0.1, -0.05) is 25.3 Å². The van der Waals surface area contributed by atoms with Crippen molar-refractivity contribution in [1.29, 1.82) is 0 Å². The SMILES string of the molecule is CN(Cc1ccc(F)cc1F)C(=O)CN1C(=O)N(C)C2(CCCCC2)C1=O. The van der Waals surface area contributed by atoms with E-state index in [1.807, 2.05) is 0 Å². The second-order valence-corrected chi connectivity index (χ2v) is 7.31. The standard InChI is InChI=1S/C19H23F2N3O3/c1-22(11-13-6-7-14(20)10-15(13)21)16(25)12-24-17(26)19(23(2)18(24)27)8-4-3-5-9-19/h6-7,10H,3-5,8-9,11-12H2,1-2H3. The van der Waals surface area contributed by atoms with E-state index in [2.05, 4.69) is 0 Å². The molecule has 0 atom stereocenters. The Bertz CT molecular complexity index is 777. The van der Waals surface area contributed by atoms with Gasteiger partial charge in [0.15, 0.2) is 0 Å². The Labute approximate surface area is 156 Å². The van der Waals surface area contributed by atoms with Gasteiger partial charge in [-0.25, -0.2) is 13.6 Å². The van der Waals surface area contributed by atoms with Crippen molar-refractivity contribution in [3.05, 3.63) is 35.4 Å². The van der Waals surface area contributed by atoms with Gasteiger partial charge in [-0.05, 0) is 18.9 Å². The quantitative estimate of drug-likeness (QED) is 0.756. The molecule has 0 bridgehead atoms. The van der Waals surface area contributed by atoms with Crippen molar-refractivity contribution in [2.75, 3.05) is 20.6 Å². The Hall–Kier alpha value is -2.51. The number of hydrogen-bond donors (Lipinski definition) is 0. The topological polar surface area (TPSA) is 60.9 Å². The predicted molar refractivity (Wildman–Crippen MR) is 93.5 cm³/mol. The molecule has 1 aromatic rings. The predicted octanol–water partition coefficient (Wildman–Crippen LogP) is 2.52. The molecule has 1 spiro atoms. The second-order valence-electron chi connectivity index (χ2n) is 7.31. The van der Waals surface area contributed by atoms with E-state index in [1.54, 1.807) is 7.05 Å². The maximum atomic E-state index is 13.8. The first-order valence-corrected chi connectivity index (χ1v) is 9.04. The first-order valence-electron chi connectivity index (χ1n) is 9.04. The summed E-state index contributed by atoms with van der Waals surface area (Å²) < 4.78 is 26.8. The largest absolute Gasteiger partial charge is 0.340 e. The van der Waals surface area contributed by atoms with Crippen molar-refractivity contribution in [3.63, 3.8) is 0 Å². The molecule has 1 heterocycles. The minimum absolute atomic E-state index is 0.0812. The zero-order valence-electron chi connectivity index (χ0n) is 15.5. The zero-order valence-corrected chi connectivity index (χ0v) is 15.5. The zero-order chi connectivity index (χ0) is 19.8. The van der Waals surface area contributed by atoms with Crippen LogP contribution < -0.4 is 0 Å². The van der Waals surface area contributed by atoms with E-state index in [4.69, 9.17) is 0 Å². The molecule has 0 radical (unpaired) electrons. The number of carbonyl (C=O) groups is 3. The Morgan fingerprint density at radius 2 is 1.85 bits per heavy atom. The van der Waals surface area contributed by atoms with Crippen LogP contribution >= 0.6 is 0 Å². The van der Waals surface area contributed by atoms with Gasteiger partial charge in [0.1, 0.15) is 23.7 Å². The number of amides is 4. The first-order chi connectivity index (χ1) is 12.8. The van der Waals surface area contributed by atoms with Gasteiger partial charge >= 0.3 is 6.03 Å². The molecular formula is C19H23F2N3O3. The molecule has 3 rings (SSSR count). The van der Waals surface area contributed by atoms with E-state index in [0.29, 0.717) is 12.8 Å². The molecule has 6 nitrogen and oxygen atoms in total. The van der Waals surface area contributed by atoms with Crippen LogP contribution in [0.15, 0.2) is 18.2 Å². The molecule has 1 aliphatic heterocycles. The summed E-state index contributed by atoms with van der Waals surface area (Å²) in [7, 11) is 3.06. The summed E-state index contributed by atoms with van der Waals surface area (Å²) in [5.74, 6) is -2.26. The number of hydrogen-bond acceptors (Lipinski definition) is 3. The number of urea groups is 1. The fourth-order valence-electron chi connectivity index (χ4n) is 3.92. The molecule has 4 amide bonds. The number of benzene rings is 1. The lowest BCUT2D eigenvalue weighted by molar-refractivity contribution is -0.140. The highest BCUT2D eigenvalue weighted by atomic mass is 19.1. The Balaban J connectivity index is 1.69. The van der Waals surface area contributed by atoms with E-state index in [9.17, 15) is 23.2 Å². The Morgan fingerprint density at radius 3 is 2.48 bits per heavy atom. The van der Waals surface area contributed by atoms with Gasteiger partial charge in [0, 0.05) is 32.3 Å². The summed E-state index contributed by atoms with van der Waals surface area (Å²) in [6.45, 7) is -0.467. The van der Waals surface area contributed by atoms with Crippen LogP contribution in [0.5, 0.6) is 0 Å². The number of likely N-dealkylation sites (N-methyl/N-ethyl adjacent to an activating group) is 2. The minimum atomic E-state index is -0.836. The molecule has 27 heavy (non-hydrogen) atoms. The van der Waals surface area contributed by atoms with Gasteiger partial charge in [-0.15, -0.1) is 0 Å². The summed E-state index contributed by atoms with van der Waals surface area (Å²) in [6, 6.07) is 2.66. The number of imide groups is 1. The van der Waals surface area contributed by atoms with Gasteiger partial charge in [-0.2, -0.15) is 0 Å². The van der Waals surface area contributed by atoms with Crippen molar-refractivity contribution in [2.24, 2.45) is 0 Å². The number of halogens is 2. The summed E-state index contributed by atoms with van der Waals surface area (Å²) in [5, 5.41) is 0. The molecule has 0 N–H and O–H groups in total. The molecule has 1 aliphatic carbocycles. The van der Waals surface area contributed by atoms with Gasteiger partial charge < -0.3 is 9.80 Å². The van der Waals surface area contributed by atoms with Crippen molar-refractivity contribution < 1.29 is 23.2 Å². The molecule has 0 aromatic heterocycles. The van der Waals surface area contributed by atoms with Crippen LogP contribution in [-0.4, -0.2) is 58.7 Å². The summed E-state index contributed by atoms with van der Waals surface area (Å²) in [6.07, 6.45) is 3.98. The molecule has 1 saturated carbocycles. The van der Waals surface area contributed by atoms with E-state index in [1.165, 1.54) is 22.9 Å². The normalized spacial score (nSPS) is 19.1. The van der Waals surface area contributed by atoms with Crippen molar-refractivity contribution >= 4 is 17.8 Å². The van der Waals surface area contributed by atoms with Crippen LogP contribution in [0.2, 0.25) is 0 Å². The monoisotopic (exact) mass is 379 g/mol. The van der Waals surface area contributed by atoms with E-state index >= 15 is 0 Å². The molecule has 8 heteroatoms. The van der Waals surface area contributed by atoms with Crippen LogP contribution in [0.1, 0.15) is 37.7 Å². The number of rotatable bonds is 4. The molecule has 1 saturated heterocycles. The van der Waals surface area contributed by atoms with E-state index in [-0.39, 0.29) is 24.6 Å². The van der Waals surface area contributed by atoms with Gasteiger partial charge in [0.05, 0.1) is 0 Å². The van der Waals surface area contributed by atoms with Gasteiger partial charge in [-0.3, -0.25) is 14.5 Å². The molecule has 2 aliphatic rings. The fourth-order valence-corrected chi connectivity index (χ4v) is 3.92. The summed E-state index contributed by atoms with van der Waals surface area (Å²) in [4.78, 5) is 41.6. The number of carbonyl (C=O) groups excluding carboxylic acids is 3. The van der Waals surface area contributed by atoms with Crippen LogP contribution in [-0.2, 0) is 16.1 Å². The molecule has 146 valence electrons. The lowest BCUT2D eigenvalue weighted by Crippen LogP contribution is -2.49. The molecule has 1 aromatic carbocycles. The lowest BCUT2D eigenvalue weighted by Gasteiger charge is -2.35. The van der Waals surface area contributed by atoms with Crippen molar-refractivity contribution in [3.8, 4) is 0 Å². The average molecular weight is 379 g/mol. The van der Waals surface area contributed by atoms with Gasteiger partial charge in [0.2, 0.25) is 5.91 Å². The minimum Gasteiger partial charge on any atom is -0.340 e. The van der Waals surface area contributed by atoms with Crippen LogP contribution in [0.3, 0.4) is 0 Å². The van der Waals surface area contributed by atoms with Crippen LogP contribution in [0.25, 0.3) is 0 Å². The van der Waals surface area contributed by atoms with E-state index < -0.39 is 29.1 Å². The third-order valence-corrected chi connectivity index (χ3v) is 5.63. The average Bonchev–Trinajstić information content (AvgIpc) is 2.81. The van der Waals surface area contributed by atoms with Gasteiger partial charge in [0.25, 0.3) is 5.91 Å². The molecule has 2 fully saturated rings. The smallest absolute Gasteiger partial charge is 0.327 e. The first kappa shape index (κ1) is 19.3. The lowest BCUT2D eigenvalue weighted by atomic mass is 9.81. The second kappa shape index (κ2) is 7.25. The maximum Gasteiger partial charge on any atom is 0.327 e. The molecule has 0 unspecified atom stereocenters. The Morgan fingerprint density at radius 1 is 1.19 bits per heavy atom. The highest BCUT2D eigenvalue weighted by Crippen LogP contribution is 2.39. The highest BCUT2D eigenvalue weighted by Gasteiger charge is 2.55. The van der Waals surface area contributed by atoms with E-state index in [0.717, 1.165) is 36.3 Å².